The summed E-state index contributed by atoms with van der Waals surface area (Å²) < 4.78 is 11.4. The fourth-order valence-electron chi connectivity index (χ4n) is 2.80. The van der Waals surface area contributed by atoms with Gasteiger partial charge in [0.25, 0.3) is 0 Å². The predicted molar refractivity (Wildman–Crippen MR) is 106 cm³/mol. The van der Waals surface area contributed by atoms with Crippen molar-refractivity contribution >= 4 is 23.4 Å². The number of hydrogen-bond acceptors (Lipinski definition) is 8. The molecule has 0 saturated carbocycles. The number of nitrogens with one attached hydrogen (secondary N) is 1. The maximum atomic E-state index is 11.5. The van der Waals surface area contributed by atoms with Gasteiger partial charge in [-0.15, -0.1) is 10.2 Å². The standard InChI is InChI=1S/C20H18N4O3S/c1-3-16(25)26-13-10-8-12(9-11-13)18-21-15-7-5-4-6-14(15)17-19(27-18)22-20(28-2)24-23-17/h4-11,18,21H,3H2,1-2H3/t18-/m0/s1. The average molecular weight is 394 g/mol. The van der Waals surface area contributed by atoms with Gasteiger partial charge in [0.15, 0.2) is 11.9 Å². The van der Waals surface area contributed by atoms with E-state index in [0.29, 0.717) is 28.9 Å². The number of benzene rings is 2. The summed E-state index contributed by atoms with van der Waals surface area (Å²) >= 11 is 1.40. The molecule has 0 radical (unpaired) electrons. The van der Waals surface area contributed by atoms with E-state index >= 15 is 0 Å². The lowest BCUT2D eigenvalue weighted by Gasteiger charge is -2.19. The molecular formula is C20H18N4O3S. The van der Waals surface area contributed by atoms with Crippen LogP contribution in [-0.2, 0) is 4.79 Å². The molecule has 1 aliphatic heterocycles. The number of para-hydroxylation sites is 1. The second-order valence-electron chi connectivity index (χ2n) is 6.04. The zero-order chi connectivity index (χ0) is 19.5. The van der Waals surface area contributed by atoms with Crippen LogP contribution < -0.4 is 14.8 Å². The molecule has 0 amide bonds. The van der Waals surface area contributed by atoms with Gasteiger partial charge in [-0.2, -0.15) is 4.98 Å². The summed E-state index contributed by atoms with van der Waals surface area (Å²) in [6, 6.07) is 15.0. The Morgan fingerprint density at radius 1 is 1.18 bits per heavy atom. The lowest BCUT2D eigenvalue weighted by atomic mass is 10.1. The molecule has 1 atom stereocenters. The number of anilines is 1. The number of esters is 1. The highest BCUT2D eigenvalue weighted by molar-refractivity contribution is 7.98. The Labute approximate surface area is 166 Å². The number of carbonyl (C=O) groups is 1. The second-order valence-corrected chi connectivity index (χ2v) is 6.81. The molecule has 0 spiro atoms. The fourth-order valence-corrected chi connectivity index (χ4v) is 3.10. The van der Waals surface area contributed by atoms with Gasteiger partial charge < -0.3 is 14.8 Å². The molecule has 0 fully saturated rings. The minimum Gasteiger partial charge on any atom is -0.448 e. The van der Waals surface area contributed by atoms with E-state index in [1.54, 1.807) is 19.1 Å². The van der Waals surface area contributed by atoms with Crippen LogP contribution in [0.1, 0.15) is 25.1 Å². The number of aromatic nitrogens is 3. The minimum absolute atomic E-state index is 0.271. The molecular weight excluding hydrogens is 376 g/mol. The Bertz CT molecular complexity index is 1010. The number of carbonyl (C=O) groups excluding carboxylic acids is 1. The summed E-state index contributed by atoms with van der Waals surface area (Å²) in [6.07, 6.45) is 1.73. The van der Waals surface area contributed by atoms with Gasteiger partial charge >= 0.3 is 5.97 Å². The summed E-state index contributed by atoms with van der Waals surface area (Å²) in [4.78, 5) is 16.0. The smallest absolute Gasteiger partial charge is 0.310 e. The first-order valence-electron chi connectivity index (χ1n) is 8.80. The Hall–Kier alpha value is -3.13. The van der Waals surface area contributed by atoms with Gasteiger partial charge in [-0.25, -0.2) is 0 Å². The highest BCUT2D eigenvalue weighted by atomic mass is 32.2. The topological polar surface area (TPSA) is 86.2 Å². The maximum absolute atomic E-state index is 11.5. The van der Waals surface area contributed by atoms with E-state index in [2.05, 4.69) is 20.5 Å². The Balaban J connectivity index is 1.70. The Morgan fingerprint density at radius 2 is 1.96 bits per heavy atom. The van der Waals surface area contributed by atoms with Crippen molar-refractivity contribution in [2.75, 3.05) is 11.6 Å². The molecule has 142 valence electrons. The molecule has 0 aliphatic carbocycles. The molecule has 1 aliphatic rings. The summed E-state index contributed by atoms with van der Waals surface area (Å²) in [5.74, 6) is 0.647. The fraction of sp³-hybridized carbons (Fsp3) is 0.200. The normalized spacial score (nSPS) is 14.7. The van der Waals surface area contributed by atoms with Crippen molar-refractivity contribution in [1.82, 2.24) is 15.2 Å². The highest BCUT2D eigenvalue weighted by Gasteiger charge is 2.25. The van der Waals surface area contributed by atoms with Gasteiger partial charge in [-0.1, -0.05) is 36.9 Å². The van der Waals surface area contributed by atoms with Crippen LogP contribution >= 0.6 is 11.8 Å². The SMILES string of the molecule is CCC(=O)Oc1ccc([C@H]2Nc3ccccc3-c3nnc(SC)nc3O2)cc1. The van der Waals surface area contributed by atoms with Crippen LogP contribution in [-0.4, -0.2) is 27.4 Å². The van der Waals surface area contributed by atoms with Crippen LogP contribution in [0.5, 0.6) is 11.6 Å². The number of ether oxygens (including phenoxy) is 2. The number of rotatable bonds is 4. The van der Waals surface area contributed by atoms with Crippen molar-refractivity contribution in [2.24, 2.45) is 0 Å². The molecule has 0 saturated heterocycles. The summed E-state index contributed by atoms with van der Waals surface area (Å²) in [5, 5.41) is 12.4. The number of hydrogen-bond donors (Lipinski definition) is 1. The Morgan fingerprint density at radius 3 is 2.71 bits per heavy atom. The van der Waals surface area contributed by atoms with Gasteiger partial charge in [0.2, 0.25) is 11.0 Å². The average Bonchev–Trinajstić information content (AvgIpc) is 2.90. The molecule has 0 unspecified atom stereocenters. The van der Waals surface area contributed by atoms with E-state index < -0.39 is 6.23 Å². The molecule has 0 bridgehead atoms. The number of fused-ring (bicyclic) bond motifs is 3. The molecule has 4 rings (SSSR count). The zero-order valence-electron chi connectivity index (χ0n) is 15.4. The quantitative estimate of drug-likeness (QED) is 0.402. The van der Waals surface area contributed by atoms with Crippen LogP contribution in [0.2, 0.25) is 0 Å². The first kappa shape index (κ1) is 18.2. The molecule has 8 heteroatoms. The number of nitrogens with zero attached hydrogens (tertiary/aromatic N) is 3. The second kappa shape index (κ2) is 7.85. The third-order valence-corrected chi connectivity index (χ3v) is 4.76. The molecule has 2 aromatic carbocycles. The molecule has 28 heavy (non-hydrogen) atoms. The lowest BCUT2D eigenvalue weighted by molar-refractivity contribution is -0.134. The van der Waals surface area contributed by atoms with Crippen molar-refractivity contribution in [3.05, 3.63) is 54.1 Å². The third-order valence-electron chi connectivity index (χ3n) is 4.22. The van der Waals surface area contributed by atoms with Crippen molar-refractivity contribution in [3.8, 4) is 22.9 Å². The van der Waals surface area contributed by atoms with Crippen LogP contribution in [0.15, 0.2) is 53.7 Å². The van der Waals surface area contributed by atoms with Crippen LogP contribution in [0, 0.1) is 0 Å². The van der Waals surface area contributed by atoms with E-state index in [4.69, 9.17) is 9.47 Å². The van der Waals surface area contributed by atoms with Crippen molar-refractivity contribution in [3.63, 3.8) is 0 Å². The van der Waals surface area contributed by atoms with Crippen molar-refractivity contribution in [1.29, 1.82) is 0 Å². The van der Waals surface area contributed by atoms with E-state index in [9.17, 15) is 4.79 Å². The monoisotopic (exact) mass is 394 g/mol. The first-order valence-corrected chi connectivity index (χ1v) is 10.0. The van der Waals surface area contributed by atoms with E-state index in [-0.39, 0.29) is 5.97 Å². The van der Waals surface area contributed by atoms with Crippen LogP contribution in [0.25, 0.3) is 11.3 Å². The van der Waals surface area contributed by atoms with E-state index in [1.165, 1.54) is 11.8 Å². The molecule has 1 aromatic heterocycles. The van der Waals surface area contributed by atoms with Gasteiger partial charge in [0, 0.05) is 23.2 Å². The zero-order valence-corrected chi connectivity index (χ0v) is 16.2. The van der Waals surface area contributed by atoms with Gasteiger partial charge in [-0.3, -0.25) is 4.79 Å². The first-order chi connectivity index (χ1) is 13.7. The summed E-state index contributed by atoms with van der Waals surface area (Å²) in [5.41, 5.74) is 3.21. The third kappa shape index (κ3) is 3.63. The summed E-state index contributed by atoms with van der Waals surface area (Å²) in [6.45, 7) is 1.76. The van der Waals surface area contributed by atoms with Crippen molar-refractivity contribution in [2.45, 2.75) is 24.7 Å². The molecule has 1 N–H and O–H groups in total. The highest BCUT2D eigenvalue weighted by Crippen LogP contribution is 2.39. The summed E-state index contributed by atoms with van der Waals surface area (Å²) in [7, 11) is 0. The maximum Gasteiger partial charge on any atom is 0.310 e. The number of thioether (sulfide) groups is 1. The van der Waals surface area contributed by atoms with Crippen LogP contribution in [0.3, 0.4) is 0 Å². The molecule has 7 nitrogen and oxygen atoms in total. The predicted octanol–water partition coefficient (Wildman–Crippen LogP) is 4.08. The van der Waals surface area contributed by atoms with Gasteiger partial charge in [0.05, 0.1) is 0 Å². The molecule has 3 aromatic rings. The van der Waals surface area contributed by atoms with Gasteiger partial charge in [-0.05, 0) is 36.6 Å². The minimum atomic E-state index is -0.482. The Kier molecular flexibility index (Phi) is 5.12. The van der Waals surface area contributed by atoms with Crippen molar-refractivity contribution < 1.29 is 14.3 Å². The van der Waals surface area contributed by atoms with Gasteiger partial charge in [0.1, 0.15) is 5.75 Å². The van der Waals surface area contributed by atoms with E-state index in [0.717, 1.165) is 16.8 Å². The van der Waals surface area contributed by atoms with Crippen LogP contribution in [0.4, 0.5) is 5.69 Å². The van der Waals surface area contributed by atoms with E-state index in [1.807, 2.05) is 42.7 Å². The largest absolute Gasteiger partial charge is 0.448 e. The molecule has 2 heterocycles. The lowest BCUT2D eigenvalue weighted by Crippen LogP contribution is -2.17.